The van der Waals surface area contributed by atoms with E-state index in [1.54, 1.807) is 6.92 Å². The Hall–Kier alpha value is -2.09. The number of hydrogen-bond acceptors (Lipinski definition) is 2. The molecule has 0 spiro atoms. The molecule has 138 valence electrons. The number of unbranched alkanes of at least 4 members (excludes halogenated alkanes) is 1. The van der Waals surface area contributed by atoms with Crippen LogP contribution in [0.1, 0.15) is 68.9 Å². The Labute approximate surface area is 157 Å². The predicted molar refractivity (Wildman–Crippen MR) is 107 cm³/mol. The summed E-state index contributed by atoms with van der Waals surface area (Å²) in [6, 6.07) is 19.3. The molecule has 1 aliphatic carbocycles. The summed E-state index contributed by atoms with van der Waals surface area (Å²) < 4.78 is 6.19. The number of ether oxygens (including phenoxy) is 1. The van der Waals surface area contributed by atoms with Crippen LogP contribution in [0.4, 0.5) is 0 Å². The van der Waals surface area contributed by atoms with Gasteiger partial charge in [0.05, 0.1) is 6.10 Å². The van der Waals surface area contributed by atoms with Crippen molar-refractivity contribution in [2.45, 2.75) is 70.3 Å². The van der Waals surface area contributed by atoms with Crippen molar-refractivity contribution in [3.8, 4) is 5.75 Å². The number of carbonyl (C=O) groups excluding carboxylic acids is 1. The molecule has 0 radical (unpaired) electrons. The lowest BCUT2D eigenvalue weighted by atomic mass is 9.82. The quantitative estimate of drug-likeness (QED) is 0.538. The summed E-state index contributed by atoms with van der Waals surface area (Å²) in [5.41, 5.74) is 2.82. The zero-order valence-electron chi connectivity index (χ0n) is 15.8. The molecule has 1 aliphatic rings. The maximum atomic E-state index is 11.0. The molecule has 1 saturated carbocycles. The van der Waals surface area contributed by atoms with Crippen LogP contribution in [0, 0.1) is 0 Å². The molecule has 0 N–H and O–H groups in total. The molecular formula is C24H30O2. The number of para-hydroxylation sites is 1. The second kappa shape index (κ2) is 9.56. The van der Waals surface area contributed by atoms with Crippen molar-refractivity contribution in [2.24, 2.45) is 0 Å². The first-order valence-electron chi connectivity index (χ1n) is 10.0. The summed E-state index contributed by atoms with van der Waals surface area (Å²) >= 11 is 0. The summed E-state index contributed by atoms with van der Waals surface area (Å²) in [5.74, 6) is 1.88. The van der Waals surface area contributed by atoms with Gasteiger partial charge < -0.3 is 9.53 Å². The maximum absolute atomic E-state index is 11.0. The van der Waals surface area contributed by atoms with Gasteiger partial charge in [-0.3, -0.25) is 0 Å². The highest BCUT2D eigenvalue weighted by atomic mass is 16.5. The van der Waals surface area contributed by atoms with Crippen molar-refractivity contribution in [2.75, 3.05) is 0 Å². The Morgan fingerprint density at radius 3 is 2.50 bits per heavy atom. The van der Waals surface area contributed by atoms with Crippen LogP contribution in [0.2, 0.25) is 0 Å². The standard InChI is InChI=1S/C24H30O2/c1-19(25)8-5-6-9-20-14-16-21(17-15-20)22-10-7-13-24(18-22)26-23-11-3-2-4-12-23/h2-4,11-12,14-17,22,24H,5-10,13,18H2,1H3. The lowest BCUT2D eigenvalue weighted by Gasteiger charge is -2.30. The summed E-state index contributed by atoms with van der Waals surface area (Å²) in [6.45, 7) is 1.67. The maximum Gasteiger partial charge on any atom is 0.129 e. The van der Waals surface area contributed by atoms with E-state index < -0.39 is 0 Å². The number of aryl methyl sites for hydroxylation is 1. The number of carbonyl (C=O) groups is 1. The van der Waals surface area contributed by atoms with Crippen molar-refractivity contribution in [1.29, 1.82) is 0 Å². The highest BCUT2D eigenvalue weighted by molar-refractivity contribution is 5.75. The van der Waals surface area contributed by atoms with Crippen LogP contribution in [-0.4, -0.2) is 11.9 Å². The molecule has 2 heteroatoms. The second-order valence-corrected chi connectivity index (χ2v) is 7.57. The second-order valence-electron chi connectivity index (χ2n) is 7.57. The lowest BCUT2D eigenvalue weighted by molar-refractivity contribution is -0.117. The van der Waals surface area contributed by atoms with Crippen molar-refractivity contribution in [1.82, 2.24) is 0 Å². The van der Waals surface area contributed by atoms with Crippen molar-refractivity contribution >= 4 is 5.78 Å². The third-order valence-electron chi connectivity index (χ3n) is 5.37. The lowest BCUT2D eigenvalue weighted by Crippen LogP contribution is -2.24. The van der Waals surface area contributed by atoms with Gasteiger partial charge in [-0.1, -0.05) is 42.5 Å². The van der Waals surface area contributed by atoms with Gasteiger partial charge in [0.1, 0.15) is 11.5 Å². The van der Waals surface area contributed by atoms with Gasteiger partial charge in [0, 0.05) is 6.42 Å². The van der Waals surface area contributed by atoms with Crippen LogP contribution in [-0.2, 0) is 11.2 Å². The van der Waals surface area contributed by atoms with E-state index in [0.29, 0.717) is 24.2 Å². The normalized spacial score (nSPS) is 19.9. The molecular weight excluding hydrogens is 320 g/mol. The number of Topliss-reactive ketones (excluding diaryl/α,β-unsaturated/α-hetero) is 1. The molecule has 2 nitrogen and oxygen atoms in total. The van der Waals surface area contributed by atoms with Crippen molar-refractivity contribution < 1.29 is 9.53 Å². The van der Waals surface area contributed by atoms with Gasteiger partial charge in [0.15, 0.2) is 0 Å². The number of benzene rings is 2. The van der Waals surface area contributed by atoms with Gasteiger partial charge >= 0.3 is 0 Å². The molecule has 2 aromatic rings. The van der Waals surface area contributed by atoms with Gasteiger partial charge in [-0.05, 0) is 81.0 Å². The number of ketones is 1. The largest absolute Gasteiger partial charge is 0.490 e. The molecule has 0 heterocycles. The van der Waals surface area contributed by atoms with Crippen molar-refractivity contribution in [3.05, 3.63) is 65.7 Å². The molecule has 0 aromatic heterocycles. The molecule has 0 amide bonds. The van der Waals surface area contributed by atoms with Gasteiger partial charge in [-0.15, -0.1) is 0 Å². The molecule has 0 aliphatic heterocycles. The molecule has 26 heavy (non-hydrogen) atoms. The topological polar surface area (TPSA) is 26.3 Å². The zero-order valence-corrected chi connectivity index (χ0v) is 15.8. The number of rotatable bonds is 8. The fourth-order valence-electron chi connectivity index (χ4n) is 3.91. The zero-order chi connectivity index (χ0) is 18.2. The first-order valence-corrected chi connectivity index (χ1v) is 10.0. The van der Waals surface area contributed by atoms with Gasteiger partial charge in [0.2, 0.25) is 0 Å². The third-order valence-corrected chi connectivity index (χ3v) is 5.37. The summed E-state index contributed by atoms with van der Waals surface area (Å²) in [7, 11) is 0. The van der Waals surface area contributed by atoms with E-state index in [2.05, 4.69) is 24.3 Å². The van der Waals surface area contributed by atoms with E-state index in [-0.39, 0.29) is 0 Å². The average Bonchev–Trinajstić information content (AvgIpc) is 2.67. The molecule has 0 saturated heterocycles. The molecule has 3 rings (SSSR count). The van der Waals surface area contributed by atoms with Crippen LogP contribution in [0.15, 0.2) is 54.6 Å². The van der Waals surface area contributed by atoms with Gasteiger partial charge in [-0.2, -0.15) is 0 Å². The Kier molecular flexibility index (Phi) is 6.88. The van der Waals surface area contributed by atoms with Crippen LogP contribution >= 0.6 is 0 Å². The molecule has 0 bridgehead atoms. The summed E-state index contributed by atoms with van der Waals surface area (Å²) in [6.07, 6.45) is 8.94. The minimum Gasteiger partial charge on any atom is -0.490 e. The number of hydrogen-bond donors (Lipinski definition) is 0. The Morgan fingerprint density at radius 2 is 1.77 bits per heavy atom. The van der Waals surface area contributed by atoms with E-state index >= 15 is 0 Å². The summed E-state index contributed by atoms with van der Waals surface area (Å²) in [5, 5.41) is 0. The minimum absolute atomic E-state index is 0.296. The van der Waals surface area contributed by atoms with E-state index in [1.807, 2.05) is 30.3 Å². The van der Waals surface area contributed by atoms with Crippen LogP contribution in [0.3, 0.4) is 0 Å². The smallest absolute Gasteiger partial charge is 0.129 e. The summed E-state index contributed by atoms with van der Waals surface area (Å²) in [4.78, 5) is 11.0. The monoisotopic (exact) mass is 350 g/mol. The Bertz CT molecular complexity index is 675. The third kappa shape index (κ3) is 5.72. The van der Waals surface area contributed by atoms with Crippen molar-refractivity contribution in [3.63, 3.8) is 0 Å². The highest BCUT2D eigenvalue weighted by Gasteiger charge is 2.24. The first kappa shape index (κ1) is 18.7. The average molecular weight is 351 g/mol. The Balaban J connectivity index is 1.51. The molecule has 2 atom stereocenters. The van der Waals surface area contributed by atoms with E-state index in [1.165, 1.54) is 24.0 Å². The van der Waals surface area contributed by atoms with E-state index in [9.17, 15) is 4.79 Å². The predicted octanol–water partition coefficient (Wildman–Crippen LogP) is 6.09. The van der Waals surface area contributed by atoms with Crippen LogP contribution in [0.25, 0.3) is 0 Å². The first-order chi connectivity index (χ1) is 12.7. The fourth-order valence-corrected chi connectivity index (χ4v) is 3.91. The van der Waals surface area contributed by atoms with Crippen LogP contribution < -0.4 is 4.74 Å². The molecule has 2 unspecified atom stereocenters. The SMILES string of the molecule is CC(=O)CCCCc1ccc(C2CCCC(Oc3ccccc3)C2)cc1. The molecule has 2 aromatic carbocycles. The van der Waals surface area contributed by atoms with Gasteiger partial charge in [-0.25, -0.2) is 0 Å². The van der Waals surface area contributed by atoms with E-state index in [4.69, 9.17) is 4.74 Å². The van der Waals surface area contributed by atoms with Gasteiger partial charge in [0.25, 0.3) is 0 Å². The van der Waals surface area contributed by atoms with E-state index in [0.717, 1.165) is 37.9 Å². The Morgan fingerprint density at radius 1 is 1.00 bits per heavy atom. The fraction of sp³-hybridized carbons (Fsp3) is 0.458. The van der Waals surface area contributed by atoms with Crippen LogP contribution in [0.5, 0.6) is 5.75 Å². The molecule has 1 fully saturated rings. The highest BCUT2D eigenvalue weighted by Crippen LogP contribution is 2.35. The minimum atomic E-state index is 0.296.